The molecule has 2 unspecified atom stereocenters. The van der Waals surface area contributed by atoms with Crippen molar-refractivity contribution in [3.05, 3.63) is 23.8 Å². The van der Waals surface area contributed by atoms with E-state index in [1.54, 1.807) is 12.1 Å². The molecular formula is C23H33N5O3. The normalized spacial score (nSPS) is 27.5. The Balaban J connectivity index is 1.44. The van der Waals surface area contributed by atoms with Gasteiger partial charge in [0.25, 0.3) is 11.9 Å². The van der Waals surface area contributed by atoms with Crippen LogP contribution in [0.15, 0.2) is 22.6 Å². The molecule has 1 aromatic carbocycles. The van der Waals surface area contributed by atoms with Gasteiger partial charge in [0.2, 0.25) is 0 Å². The van der Waals surface area contributed by atoms with Crippen LogP contribution in [0.2, 0.25) is 0 Å². The Kier molecular flexibility index (Phi) is 5.86. The van der Waals surface area contributed by atoms with Crippen molar-refractivity contribution in [2.45, 2.75) is 50.2 Å². The van der Waals surface area contributed by atoms with Gasteiger partial charge in [0, 0.05) is 44.3 Å². The molecule has 8 heteroatoms. The number of ether oxygens (including phenoxy) is 1. The number of piperidine rings is 2. The lowest BCUT2D eigenvalue weighted by molar-refractivity contribution is 0.0362. The highest BCUT2D eigenvalue weighted by molar-refractivity contribution is 6.03. The molecule has 2 atom stereocenters. The topological polar surface area (TPSA) is 88.1 Å². The second kappa shape index (κ2) is 8.76. The maximum absolute atomic E-state index is 11.9. The number of aromatic nitrogens is 1. The molecule has 3 aliphatic rings. The van der Waals surface area contributed by atoms with Crippen LogP contribution in [0.1, 0.15) is 42.5 Å². The highest BCUT2D eigenvalue weighted by Gasteiger charge is 2.39. The summed E-state index contributed by atoms with van der Waals surface area (Å²) >= 11 is 0. The van der Waals surface area contributed by atoms with Crippen molar-refractivity contribution in [2.75, 3.05) is 51.3 Å². The van der Waals surface area contributed by atoms with Gasteiger partial charge in [-0.15, -0.1) is 0 Å². The number of amides is 1. The van der Waals surface area contributed by atoms with E-state index >= 15 is 0 Å². The summed E-state index contributed by atoms with van der Waals surface area (Å²) in [6, 6.07) is 7.62. The summed E-state index contributed by atoms with van der Waals surface area (Å²) in [5.41, 5.74) is 7.19. The molecule has 8 nitrogen and oxygen atoms in total. The van der Waals surface area contributed by atoms with Crippen LogP contribution in [-0.2, 0) is 4.74 Å². The molecule has 3 aliphatic heterocycles. The first-order valence-corrected chi connectivity index (χ1v) is 11.6. The summed E-state index contributed by atoms with van der Waals surface area (Å²) in [6.45, 7) is 5.32. The largest absolute Gasteiger partial charge is 0.423 e. The number of carbonyl (C=O) groups is 1. The van der Waals surface area contributed by atoms with Crippen LogP contribution in [0, 0.1) is 0 Å². The molecular weight excluding hydrogens is 394 g/mol. The van der Waals surface area contributed by atoms with E-state index in [4.69, 9.17) is 19.9 Å². The number of nitrogens with zero attached hydrogens (tertiary/aromatic N) is 4. The number of benzene rings is 1. The number of hydrogen-bond acceptors (Lipinski definition) is 7. The summed E-state index contributed by atoms with van der Waals surface area (Å²) in [5, 5.41) is 0. The number of rotatable bonds is 6. The fourth-order valence-corrected chi connectivity index (χ4v) is 5.61. The van der Waals surface area contributed by atoms with Crippen molar-refractivity contribution in [3.63, 3.8) is 0 Å². The van der Waals surface area contributed by atoms with E-state index < -0.39 is 5.91 Å². The lowest BCUT2D eigenvalue weighted by Gasteiger charge is -2.49. The highest BCUT2D eigenvalue weighted by Crippen LogP contribution is 2.37. The zero-order valence-electron chi connectivity index (χ0n) is 18.3. The molecule has 0 radical (unpaired) electrons. The third-order valence-corrected chi connectivity index (χ3v) is 7.44. The molecule has 1 aromatic heterocycles. The van der Waals surface area contributed by atoms with E-state index in [2.05, 4.69) is 21.7 Å². The number of primary amides is 1. The molecule has 4 heterocycles. The maximum atomic E-state index is 11.9. The smallest absolute Gasteiger partial charge is 0.298 e. The van der Waals surface area contributed by atoms with E-state index in [9.17, 15) is 4.79 Å². The number of nitrogens with two attached hydrogens (primary N) is 1. The van der Waals surface area contributed by atoms with Gasteiger partial charge >= 0.3 is 0 Å². The van der Waals surface area contributed by atoms with Crippen LogP contribution < -0.4 is 10.6 Å². The second-order valence-electron chi connectivity index (χ2n) is 9.19. The molecule has 168 valence electrons. The van der Waals surface area contributed by atoms with Gasteiger partial charge < -0.3 is 24.7 Å². The van der Waals surface area contributed by atoms with Gasteiger partial charge in [-0.1, -0.05) is 12.5 Å². The minimum absolute atomic E-state index is 0.387. The van der Waals surface area contributed by atoms with Crippen molar-refractivity contribution in [3.8, 4) is 0 Å². The van der Waals surface area contributed by atoms with E-state index in [0.29, 0.717) is 40.8 Å². The number of morpholine rings is 1. The van der Waals surface area contributed by atoms with Crippen molar-refractivity contribution < 1.29 is 13.9 Å². The Morgan fingerprint density at radius 2 is 1.97 bits per heavy atom. The van der Waals surface area contributed by atoms with Crippen LogP contribution in [0.25, 0.3) is 11.1 Å². The van der Waals surface area contributed by atoms with Gasteiger partial charge in [-0.05, 0) is 44.9 Å². The third-order valence-electron chi connectivity index (χ3n) is 7.44. The lowest BCUT2D eigenvalue weighted by Crippen LogP contribution is -2.56. The Morgan fingerprint density at radius 3 is 2.68 bits per heavy atom. The maximum Gasteiger partial charge on any atom is 0.298 e. The molecule has 2 aromatic rings. The van der Waals surface area contributed by atoms with E-state index in [1.165, 1.54) is 19.3 Å². The van der Waals surface area contributed by atoms with E-state index in [1.807, 2.05) is 6.07 Å². The molecule has 1 amide bonds. The molecule has 0 spiro atoms. The third kappa shape index (κ3) is 4.16. The van der Waals surface area contributed by atoms with Gasteiger partial charge in [-0.25, -0.2) is 0 Å². The summed E-state index contributed by atoms with van der Waals surface area (Å²) in [6.07, 6.45) is 6.10. The van der Waals surface area contributed by atoms with Crippen molar-refractivity contribution in [1.29, 1.82) is 0 Å². The molecule has 0 saturated carbocycles. The SMILES string of the molecule is CN1C2CCCC1CC(N(CCN1CCOCC1)c1nc3c(C(N)=O)cccc3o1)C2. The number of hydrogen-bond donors (Lipinski definition) is 1. The fourth-order valence-electron chi connectivity index (χ4n) is 5.61. The van der Waals surface area contributed by atoms with Gasteiger partial charge in [0.1, 0.15) is 5.52 Å². The van der Waals surface area contributed by atoms with Crippen molar-refractivity contribution >= 4 is 23.0 Å². The van der Waals surface area contributed by atoms with Crippen LogP contribution in [0.5, 0.6) is 0 Å². The Labute approximate surface area is 183 Å². The molecule has 2 bridgehead atoms. The van der Waals surface area contributed by atoms with Gasteiger partial charge in [0.15, 0.2) is 5.58 Å². The lowest BCUT2D eigenvalue weighted by atomic mass is 9.81. The fraction of sp³-hybridized carbons (Fsp3) is 0.652. The molecule has 31 heavy (non-hydrogen) atoms. The predicted molar refractivity (Wildman–Crippen MR) is 119 cm³/mol. The van der Waals surface area contributed by atoms with Crippen LogP contribution in [-0.4, -0.2) is 85.3 Å². The quantitative estimate of drug-likeness (QED) is 0.755. The highest BCUT2D eigenvalue weighted by atomic mass is 16.5. The van der Waals surface area contributed by atoms with Gasteiger partial charge in [-0.3, -0.25) is 9.69 Å². The number of oxazole rings is 1. The van der Waals surface area contributed by atoms with Crippen LogP contribution >= 0.6 is 0 Å². The predicted octanol–water partition coefficient (Wildman–Crippen LogP) is 2.08. The Morgan fingerprint density at radius 1 is 1.23 bits per heavy atom. The van der Waals surface area contributed by atoms with Crippen molar-refractivity contribution in [2.24, 2.45) is 5.73 Å². The summed E-state index contributed by atoms with van der Waals surface area (Å²) in [4.78, 5) is 24.1. The zero-order valence-corrected chi connectivity index (χ0v) is 18.3. The first kappa shape index (κ1) is 20.7. The van der Waals surface area contributed by atoms with E-state index in [0.717, 1.165) is 52.2 Å². The molecule has 5 rings (SSSR count). The number of anilines is 1. The molecule has 3 saturated heterocycles. The van der Waals surface area contributed by atoms with Crippen LogP contribution in [0.4, 0.5) is 6.01 Å². The van der Waals surface area contributed by atoms with Gasteiger partial charge in [-0.2, -0.15) is 4.98 Å². The van der Waals surface area contributed by atoms with E-state index in [-0.39, 0.29) is 0 Å². The molecule has 2 N–H and O–H groups in total. The number of fused-ring (bicyclic) bond motifs is 3. The van der Waals surface area contributed by atoms with Gasteiger partial charge in [0.05, 0.1) is 18.8 Å². The average molecular weight is 428 g/mol. The number of carbonyl (C=O) groups excluding carboxylic acids is 1. The number of para-hydroxylation sites is 1. The standard InChI is InChI=1S/C23H33N5O3/c1-26-16-4-2-5-17(26)15-18(14-16)28(9-8-27-10-12-30-13-11-27)23-25-21-19(22(24)29)6-3-7-20(21)31-23/h3,6-7,16-18H,2,4-5,8-15H2,1H3,(H2,24,29). The first-order chi connectivity index (χ1) is 15.1. The van der Waals surface area contributed by atoms with Crippen LogP contribution in [0.3, 0.4) is 0 Å². The minimum atomic E-state index is -0.473. The minimum Gasteiger partial charge on any atom is -0.423 e. The average Bonchev–Trinajstić information content (AvgIpc) is 3.19. The monoisotopic (exact) mass is 427 g/mol. The summed E-state index contributed by atoms with van der Waals surface area (Å²) in [7, 11) is 2.28. The Hall–Kier alpha value is -2.16. The molecule has 3 fully saturated rings. The Bertz CT molecular complexity index is 911. The summed E-state index contributed by atoms with van der Waals surface area (Å²) < 4.78 is 11.7. The zero-order chi connectivity index (χ0) is 21.4. The summed E-state index contributed by atoms with van der Waals surface area (Å²) in [5.74, 6) is -0.473. The molecule has 0 aliphatic carbocycles. The first-order valence-electron chi connectivity index (χ1n) is 11.6. The second-order valence-corrected chi connectivity index (χ2v) is 9.19. The van der Waals surface area contributed by atoms with Crippen molar-refractivity contribution in [1.82, 2.24) is 14.8 Å².